The van der Waals surface area contributed by atoms with Gasteiger partial charge in [0.1, 0.15) is 5.82 Å². The molecular weight excluding hydrogens is 337 g/mol. The first-order valence-electron chi connectivity index (χ1n) is 8.66. The molecule has 3 rings (SSSR count). The summed E-state index contributed by atoms with van der Waals surface area (Å²) in [6.07, 6.45) is 1.53. The van der Waals surface area contributed by atoms with Gasteiger partial charge in [-0.05, 0) is 36.6 Å². The van der Waals surface area contributed by atoms with Crippen LogP contribution in [-0.2, 0) is 11.3 Å². The molecule has 0 aliphatic carbocycles. The summed E-state index contributed by atoms with van der Waals surface area (Å²) in [5.74, 6) is -0.723. The molecule has 0 spiro atoms. The van der Waals surface area contributed by atoms with E-state index in [0.29, 0.717) is 17.7 Å². The summed E-state index contributed by atoms with van der Waals surface area (Å²) in [6, 6.07) is 5.47. The van der Waals surface area contributed by atoms with E-state index in [2.05, 4.69) is 0 Å². The van der Waals surface area contributed by atoms with Crippen molar-refractivity contribution in [3.63, 3.8) is 0 Å². The van der Waals surface area contributed by atoms with E-state index in [0.717, 1.165) is 24.3 Å². The zero-order valence-corrected chi connectivity index (χ0v) is 14.7. The predicted molar refractivity (Wildman–Crippen MR) is 92.0 cm³/mol. The van der Waals surface area contributed by atoms with Crippen LogP contribution in [0.3, 0.4) is 0 Å². The number of hydrogen-bond donors (Lipinski definition) is 1. The van der Waals surface area contributed by atoms with Crippen molar-refractivity contribution in [1.29, 1.82) is 5.26 Å². The van der Waals surface area contributed by atoms with Gasteiger partial charge in [-0.1, -0.05) is 0 Å². The molecule has 2 heterocycles. The molecular formula is C18H22FN5O2. The zero-order chi connectivity index (χ0) is 18.8. The summed E-state index contributed by atoms with van der Waals surface area (Å²) in [5, 5.41) is 9.28. The van der Waals surface area contributed by atoms with Crippen LogP contribution < -0.4 is 5.73 Å². The predicted octanol–water partition coefficient (Wildman–Crippen LogP) is 1.23. The Hall–Kier alpha value is -2.50. The molecule has 2 unspecified atom stereocenters. The zero-order valence-electron chi connectivity index (χ0n) is 14.7. The van der Waals surface area contributed by atoms with Crippen molar-refractivity contribution < 1.29 is 14.0 Å². The standard InChI is InChI=1S/C18H22FN5O2/c1-22-17(25)8-16(23-6-2-3-15(21)11-23)24(18(22)26)10-13-7-14(19)5-4-12(13)9-20/h4-5,7,15-16H,2-3,6,8,10-11,21H2,1H3. The van der Waals surface area contributed by atoms with Gasteiger partial charge in [-0.3, -0.25) is 14.6 Å². The third-order valence-corrected chi connectivity index (χ3v) is 5.06. The number of nitrogens with zero attached hydrogens (tertiary/aromatic N) is 4. The average molecular weight is 359 g/mol. The van der Waals surface area contributed by atoms with Gasteiger partial charge in [0.15, 0.2) is 0 Å². The number of likely N-dealkylation sites (tertiary alicyclic amines) is 1. The maximum absolute atomic E-state index is 13.7. The lowest BCUT2D eigenvalue weighted by Gasteiger charge is -2.46. The van der Waals surface area contributed by atoms with Crippen molar-refractivity contribution in [2.45, 2.75) is 38.0 Å². The number of imide groups is 1. The van der Waals surface area contributed by atoms with Crippen LogP contribution in [0.25, 0.3) is 0 Å². The molecule has 1 aromatic carbocycles. The van der Waals surface area contributed by atoms with E-state index in [1.807, 2.05) is 11.0 Å². The first kappa shape index (κ1) is 18.3. The highest BCUT2D eigenvalue weighted by atomic mass is 19.1. The molecule has 26 heavy (non-hydrogen) atoms. The van der Waals surface area contributed by atoms with Crippen molar-refractivity contribution in [1.82, 2.24) is 14.7 Å². The fourth-order valence-electron chi connectivity index (χ4n) is 3.63. The highest BCUT2D eigenvalue weighted by Crippen LogP contribution is 2.26. The molecule has 1 aromatic rings. The van der Waals surface area contributed by atoms with E-state index in [1.54, 1.807) is 0 Å². The lowest BCUT2D eigenvalue weighted by Crippen LogP contribution is -2.63. The van der Waals surface area contributed by atoms with Gasteiger partial charge in [-0.25, -0.2) is 9.18 Å². The quantitative estimate of drug-likeness (QED) is 0.876. The summed E-state index contributed by atoms with van der Waals surface area (Å²) >= 11 is 0. The number of rotatable bonds is 3. The van der Waals surface area contributed by atoms with E-state index in [9.17, 15) is 19.2 Å². The third kappa shape index (κ3) is 3.54. The van der Waals surface area contributed by atoms with Crippen molar-refractivity contribution in [3.8, 4) is 6.07 Å². The number of halogens is 1. The summed E-state index contributed by atoms with van der Waals surface area (Å²) in [6.45, 7) is 1.40. The summed E-state index contributed by atoms with van der Waals surface area (Å²) in [4.78, 5) is 29.6. The van der Waals surface area contributed by atoms with Gasteiger partial charge in [-0.2, -0.15) is 5.26 Å². The minimum absolute atomic E-state index is 0.000649. The second-order valence-corrected chi connectivity index (χ2v) is 6.86. The monoisotopic (exact) mass is 359 g/mol. The maximum atomic E-state index is 13.7. The Bertz CT molecular complexity index is 762. The minimum Gasteiger partial charge on any atom is -0.327 e. The molecule has 2 atom stereocenters. The Kier molecular flexibility index (Phi) is 5.20. The topological polar surface area (TPSA) is 93.7 Å². The van der Waals surface area contributed by atoms with Crippen LogP contribution >= 0.6 is 0 Å². The molecule has 0 aromatic heterocycles. The fraction of sp³-hybridized carbons (Fsp3) is 0.500. The van der Waals surface area contributed by atoms with Gasteiger partial charge < -0.3 is 10.6 Å². The number of nitriles is 1. The van der Waals surface area contributed by atoms with Gasteiger partial charge in [0.05, 0.1) is 30.8 Å². The molecule has 7 nitrogen and oxygen atoms in total. The Morgan fingerprint density at radius 3 is 2.85 bits per heavy atom. The number of nitrogens with two attached hydrogens (primary N) is 1. The molecule has 3 amide bonds. The molecule has 2 aliphatic rings. The second-order valence-electron chi connectivity index (χ2n) is 6.86. The van der Waals surface area contributed by atoms with Crippen LogP contribution in [0.5, 0.6) is 0 Å². The molecule has 2 aliphatic heterocycles. The lowest BCUT2D eigenvalue weighted by molar-refractivity contribution is -0.135. The number of amides is 3. The minimum atomic E-state index is -0.468. The molecule has 0 bridgehead atoms. The average Bonchev–Trinajstić information content (AvgIpc) is 2.62. The summed E-state index contributed by atoms with van der Waals surface area (Å²) < 4.78 is 13.7. The first-order chi connectivity index (χ1) is 12.4. The lowest BCUT2D eigenvalue weighted by atomic mass is 10.0. The number of carbonyl (C=O) groups is 2. The highest BCUT2D eigenvalue weighted by molar-refractivity contribution is 5.96. The van der Waals surface area contributed by atoms with Crippen molar-refractivity contribution in [2.24, 2.45) is 5.73 Å². The van der Waals surface area contributed by atoms with E-state index >= 15 is 0 Å². The van der Waals surface area contributed by atoms with Crippen LogP contribution in [0, 0.1) is 17.1 Å². The molecule has 2 N–H and O–H groups in total. The maximum Gasteiger partial charge on any atom is 0.328 e. The molecule has 2 saturated heterocycles. The third-order valence-electron chi connectivity index (χ3n) is 5.06. The van der Waals surface area contributed by atoms with Crippen LogP contribution in [0.4, 0.5) is 9.18 Å². The second kappa shape index (κ2) is 7.40. The van der Waals surface area contributed by atoms with E-state index < -0.39 is 18.0 Å². The number of carbonyl (C=O) groups excluding carboxylic acids is 2. The van der Waals surface area contributed by atoms with Crippen molar-refractivity contribution >= 4 is 11.9 Å². The Labute approximate surface area is 151 Å². The first-order valence-corrected chi connectivity index (χ1v) is 8.66. The largest absolute Gasteiger partial charge is 0.328 e. The molecule has 8 heteroatoms. The van der Waals surface area contributed by atoms with Gasteiger partial charge >= 0.3 is 6.03 Å². The number of hydrogen-bond acceptors (Lipinski definition) is 5. The number of benzene rings is 1. The van der Waals surface area contributed by atoms with Crippen LogP contribution in [-0.4, -0.2) is 59.0 Å². The van der Waals surface area contributed by atoms with E-state index in [1.165, 1.54) is 30.1 Å². The molecule has 0 radical (unpaired) electrons. The fourth-order valence-corrected chi connectivity index (χ4v) is 3.63. The van der Waals surface area contributed by atoms with Crippen LogP contribution in [0.15, 0.2) is 18.2 Å². The van der Waals surface area contributed by atoms with Crippen molar-refractivity contribution in [2.75, 3.05) is 20.1 Å². The Balaban J connectivity index is 1.92. The van der Waals surface area contributed by atoms with Crippen LogP contribution in [0.1, 0.15) is 30.4 Å². The van der Waals surface area contributed by atoms with Gasteiger partial charge in [0.2, 0.25) is 5.91 Å². The Morgan fingerprint density at radius 1 is 1.38 bits per heavy atom. The number of piperidine rings is 1. The molecule has 138 valence electrons. The SMILES string of the molecule is CN1C(=O)CC(N2CCCC(N)C2)N(Cc2cc(F)ccc2C#N)C1=O. The van der Waals surface area contributed by atoms with Gasteiger partial charge in [0.25, 0.3) is 0 Å². The molecule has 2 fully saturated rings. The highest BCUT2D eigenvalue weighted by Gasteiger charge is 2.40. The van der Waals surface area contributed by atoms with Crippen molar-refractivity contribution in [3.05, 3.63) is 35.1 Å². The van der Waals surface area contributed by atoms with Crippen LogP contribution in [0.2, 0.25) is 0 Å². The smallest absolute Gasteiger partial charge is 0.327 e. The number of urea groups is 1. The molecule has 0 saturated carbocycles. The normalized spacial score (nSPS) is 24.7. The van der Waals surface area contributed by atoms with Gasteiger partial charge in [-0.15, -0.1) is 0 Å². The van der Waals surface area contributed by atoms with Gasteiger partial charge in [0, 0.05) is 26.2 Å². The van der Waals surface area contributed by atoms with E-state index in [4.69, 9.17) is 5.73 Å². The summed E-state index contributed by atoms with van der Waals surface area (Å²) in [7, 11) is 1.44. The Morgan fingerprint density at radius 2 is 2.15 bits per heavy atom. The van der Waals surface area contributed by atoms with E-state index in [-0.39, 0.29) is 24.9 Å². The summed E-state index contributed by atoms with van der Waals surface area (Å²) in [5.41, 5.74) is 6.80.